The third-order valence-electron chi connectivity index (χ3n) is 5.78. The highest BCUT2D eigenvalue weighted by Gasteiger charge is 2.43. The third kappa shape index (κ3) is 3.17. The predicted octanol–water partition coefficient (Wildman–Crippen LogP) is 1.74. The van der Waals surface area contributed by atoms with Gasteiger partial charge in [0, 0.05) is 26.1 Å². The van der Waals surface area contributed by atoms with Gasteiger partial charge in [-0.05, 0) is 24.5 Å². The van der Waals surface area contributed by atoms with Gasteiger partial charge in [-0.2, -0.15) is 0 Å². The molecule has 7 nitrogen and oxygen atoms in total. The number of amides is 1. The maximum atomic E-state index is 13.1. The Morgan fingerprint density at radius 1 is 1.22 bits per heavy atom. The minimum atomic E-state index is -0.404. The Kier molecular flexibility index (Phi) is 4.24. The summed E-state index contributed by atoms with van der Waals surface area (Å²) >= 11 is 1.56. The smallest absolute Gasteiger partial charge is 0.264 e. The molecule has 1 aromatic carbocycles. The summed E-state index contributed by atoms with van der Waals surface area (Å²) in [6.45, 7) is 3.62. The van der Waals surface area contributed by atoms with E-state index in [0.717, 1.165) is 42.4 Å². The van der Waals surface area contributed by atoms with E-state index in [2.05, 4.69) is 15.1 Å². The lowest BCUT2D eigenvalue weighted by molar-refractivity contribution is -0.159. The summed E-state index contributed by atoms with van der Waals surface area (Å²) in [6.07, 6.45) is 2.04. The van der Waals surface area contributed by atoms with Crippen LogP contribution >= 0.6 is 11.3 Å². The van der Waals surface area contributed by atoms with Crippen LogP contribution in [0.25, 0.3) is 0 Å². The van der Waals surface area contributed by atoms with Crippen LogP contribution in [-0.4, -0.2) is 65.5 Å². The molecule has 3 aliphatic rings. The summed E-state index contributed by atoms with van der Waals surface area (Å²) in [5.41, 5.74) is 2.63. The first kappa shape index (κ1) is 16.9. The van der Waals surface area contributed by atoms with E-state index in [-0.39, 0.29) is 11.5 Å². The van der Waals surface area contributed by atoms with Crippen LogP contribution in [0.1, 0.15) is 18.4 Å². The summed E-state index contributed by atoms with van der Waals surface area (Å²) in [5.74, 6) is 0.921. The molecule has 0 aliphatic carbocycles. The van der Waals surface area contributed by atoms with Crippen molar-refractivity contribution in [3.63, 3.8) is 0 Å². The molecule has 2 fully saturated rings. The minimum Gasteiger partial charge on any atom is -0.480 e. The van der Waals surface area contributed by atoms with E-state index in [9.17, 15) is 4.79 Å². The second kappa shape index (κ2) is 6.76. The molecule has 27 heavy (non-hydrogen) atoms. The van der Waals surface area contributed by atoms with Gasteiger partial charge in [-0.1, -0.05) is 29.5 Å². The molecule has 0 saturated carbocycles. The highest BCUT2D eigenvalue weighted by Crippen LogP contribution is 2.34. The molecular weight excluding hydrogens is 364 g/mol. The zero-order valence-electron chi connectivity index (χ0n) is 15.0. The summed E-state index contributed by atoms with van der Waals surface area (Å²) in [5, 5.41) is 9.05. The molecule has 0 N–H and O–H groups in total. The van der Waals surface area contributed by atoms with Gasteiger partial charge in [0.05, 0.1) is 18.8 Å². The third-order valence-corrected chi connectivity index (χ3v) is 6.53. The van der Waals surface area contributed by atoms with Gasteiger partial charge >= 0.3 is 0 Å². The van der Waals surface area contributed by atoms with Crippen LogP contribution in [0.2, 0.25) is 0 Å². The number of piperidine rings is 1. The lowest BCUT2D eigenvalue weighted by Crippen LogP contribution is -2.59. The van der Waals surface area contributed by atoms with Gasteiger partial charge in [-0.25, -0.2) is 0 Å². The van der Waals surface area contributed by atoms with Crippen LogP contribution in [-0.2, 0) is 16.0 Å². The summed E-state index contributed by atoms with van der Waals surface area (Å²) in [4.78, 5) is 17.3. The van der Waals surface area contributed by atoms with Crippen molar-refractivity contribution < 1.29 is 14.3 Å². The van der Waals surface area contributed by atoms with Gasteiger partial charge in [0.2, 0.25) is 5.13 Å². The van der Waals surface area contributed by atoms with Gasteiger partial charge in [0.1, 0.15) is 11.3 Å². The molecule has 3 aliphatic heterocycles. The molecule has 1 spiro atoms. The van der Waals surface area contributed by atoms with Crippen molar-refractivity contribution in [3.8, 4) is 5.75 Å². The normalized spacial score (nSPS) is 23.9. The quantitative estimate of drug-likeness (QED) is 0.783. The van der Waals surface area contributed by atoms with Crippen molar-refractivity contribution in [1.82, 2.24) is 15.1 Å². The maximum Gasteiger partial charge on any atom is 0.264 e. The van der Waals surface area contributed by atoms with E-state index < -0.39 is 6.10 Å². The number of carbonyl (C=O) groups excluding carboxylic acids is 1. The van der Waals surface area contributed by atoms with E-state index in [0.29, 0.717) is 26.1 Å². The molecule has 5 rings (SSSR count). The Morgan fingerprint density at radius 2 is 2.07 bits per heavy atom. The average Bonchev–Trinajstić information content (AvgIpc) is 3.38. The molecule has 1 amide bonds. The van der Waals surface area contributed by atoms with Gasteiger partial charge in [-0.15, -0.1) is 10.2 Å². The number of ether oxygens (including phenoxy) is 2. The van der Waals surface area contributed by atoms with Gasteiger partial charge in [-0.3, -0.25) is 4.79 Å². The minimum absolute atomic E-state index is 0.0837. The predicted molar refractivity (Wildman–Crippen MR) is 101 cm³/mol. The molecule has 2 saturated heterocycles. The Hall–Kier alpha value is -2.19. The fraction of sp³-hybridized carbons (Fsp3) is 0.526. The van der Waals surface area contributed by atoms with E-state index in [1.807, 2.05) is 29.2 Å². The van der Waals surface area contributed by atoms with Crippen LogP contribution in [0.15, 0.2) is 29.8 Å². The van der Waals surface area contributed by atoms with Crippen molar-refractivity contribution >= 4 is 22.4 Å². The SMILES string of the molecule is O=C(C1Cc2ccccc2O1)N1CCOC2(CCN(c3nncs3)CC2)C1. The fourth-order valence-electron chi connectivity index (χ4n) is 4.27. The molecule has 0 radical (unpaired) electrons. The van der Waals surface area contributed by atoms with Crippen molar-refractivity contribution in [2.45, 2.75) is 31.0 Å². The van der Waals surface area contributed by atoms with Crippen LogP contribution in [0, 0.1) is 0 Å². The number of anilines is 1. The van der Waals surface area contributed by atoms with E-state index in [1.165, 1.54) is 0 Å². The van der Waals surface area contributed by atoms with Crippen LogP contribution in [0.3, 0.4) is 0 Å². The number of para-hydroxylation sites is 1. The second-order valence-electron chi connectivity index (χ2n) is 7.42. The zero-order chi connectivity index (χ0) is 18.3. The fourth-order valence-corrected chi connectivity index (χ4v) is 4.88. The number of rotatable bonds is 2. The van der Waals surface area contributed by atoms with Gasteiger partial charge in [0.25, 0.3) is 5.91 Å². The van der Waals surface area contributed by atoms with Crippen molar-refractivity contribution in [3.05, 3.63) is 35.3 Å². The van der Waals surface area contributed by atoms with Crippen LogP contribution < -0.4 is 9.64 Å². The van der Waals surface area contributed by atoms with Crippen LogP contribution in [0.4, 0.5) is 5.13 Å². The first-order valence-electron chi connectivity index (χ1n) is 9.41. The molecule has 8 heteroatoms. The molecule has 1 aromatic heterocycles. The number of hydrogen-bond donors (Lipinski definition) is 0. The van der Waals surface area contributed by atoms with E-state index >= 15 is 0 Å². The molecule has 4 heterocycles. The van der Waals surface area contributed by atoms with Crippen LogP contribution in [0.5, 0.6) is 5.75 Å². The molecule has 142 valence electrons. The maximum absolute atomic E-state index is 13.1. The molecule has 1 atom stereocenters. The number of carbonyl (C=O) groups is 1. The highest BCUT2D eigenvalue weighted by molar-refractivity contribution is 7.13. The number of benzene rings is 1. The van der Waals surface area contributed by atoms with Crippen molar-refractivity contribution in [2.75, 3.05) is 37.7 Å². The number of aromatic nitrogens is 2. The molecular formula is C19H22N4O3S. The Morgan fingerprint density at radius 3 is 2.85 bits per heavy atom. The van der Waals surface area contributed by atoms with Crippen molar-refractivity contribution in [2.24, 2.45) is 0 Å². The molecule has 2 aromatic rings. The summed E-state index contributed by atoms with van der Waals surface area (Å²) in [6, 6.07) is 7.91. The topological polar surface area (TPSA) is 67.8 Å². The molecule has 1 unspecified atom stereocenters. The van der Waals surface area contributed by atoms with E-state index in [4.69, 9.17) is 9.47 Å². The zero-order valence-corrected chi connectivity index (χ0v) is 15.9. The standard InChI is InChI=1S/C19H22N4O3S/c24-17(16-11-14-3-1-2-4-15(14)26-16)23-9-10-25-19(12-23)5-7-22(8-6-19)18-21-20-13-27-18/h1-4,13,16H,5-12H2. The number of nitrogens with zero attached hydrogens (tertiary/aromatic N) is 4. The Balaban J connectivity index is 1.23. The monoisotopic (exact) mass is 386 g/mol. The van der Waals surface area contributed by atoms with Crippen molar-refractivity contribution in [1.29, 1.82) is 0 Å². The lowest BCUT2D eigenvalue weighted by atomic mass is 9.89. The van der Waals surface area contributed by atoms with Gasteiger partial charge < -0.3 is 19.3 Å². The largest absolute Gasteiger partial charge is 0.480 e. The Bertz CT molecular complexity index is 795. The second-order valence-corrected chi connectivity index (χ2v) is 8.23. The molecule has 0 bridgehead atoms. The average molecular weight is 386 g/mol. The summed E-state index contributed by atoms with van der Waals surface area (Å²) < 4.78 is 12.1. The lowest BCUT2D eigenvalue weighted by Gasteiger charge is -2.47. The Labute approximate surface area is 161 Å². The first-order chi connectivity index (χ1) is 13.2. The summed E-state index contributed by atoms with van der Waals surface area (Å²) in [7, 11) is 0. The highest BCUT2D eigenvalue weighted by atomic mass is 32.1. The number of hydrogen-bond acceptors (Lipinski definition) is 7. The van der Waals surface area contributed by atoms with Gasteiger partial charge in [0.15, 0.2) is 6.10 Å². The number of fused-ring (bicyclic) bond motifs is 1. The number of morpholine rings is 1. The van der Waals surface area contributed by atoms with E-state index in [1.54, 1.807) is 16.8 Å². The first-order valence-corrected chi connectivity index (χ1v) is 10.3.